The summed E-state index contributed by atoms with van der Waals surface area (Å²) in [5.74, 6) is 1.89. The molecule has 2 bridgehead atoms. The van der Waals surface area contributed by atoms with Crippen molar-refractivity contribution in [1.29, 1.82) is 0 Å². The first kappa shape index (κ1) is 18.9. The second-order valence-electron chi connectivity index (χ2n) is 9.75. The Morgan fingerprint density at radius 3 is 2.66 bits per heavy atom. The molecule has 4 heteroatoms. The number of fused-ring (bicyclic) bond motifs is 3. The van der Waals surface area contributed by atoms with Gasteiger partial charge in [-0.05, 0) is 91.4 Å². The number of benzene rings is 1. The molecule has 0 saturated heterocycles. The summed E-state index contributed by atoms with van der Waals surface area (Å²) in [5, 5.41) is 0. The van der Waals surface area contributed by atoms with Crippen LogP contribution >= 0.6 is 0 Å². The van der Waals surface area contributed by atoms with E-state index in [-0.39, 0.29) is 28.8 Å². The zero-order valence-electron chi connectivity index (χ0n) is 17.6. The minimum absolute atomic E-state index is 0.0548. The number of esters is 1. The van der Waals surface area contributed by atoms with E-state index in [1.54, 1.807) is 6.92 Å². The Hall–Kier alpha value is -2.10. The van der Waals surface area contributed by atoms with Gasteiger partial charge in [0.1, 0.15) is 11.5 Å². The number of rotatable bonds is 4. The highest BCUT2D eigenvalue weighted by atomic mass is 16.6. The molecule has 0 heterocycles. The average molecular weight is 395 g/mol. The molecular formula is C25H30O4. The summed E-state index contributed by atoms with van der Waals surface area (Å²) in [7, 11) is 1.37. The average Bonchev–Trinajstić information content (AvgIpc) is 3.16. The van der Waals surface area contributed by atoms with Crippen LogP contribution in [0.25, 0.3) is 0 Å². The van der Waals surface area contributed by atoms with Crippen molar-refractivity contribution in [3.8, 4) is 5.75 Å². The van der Waals surface area contributed by atoms with Crippen LogP contribution in [-0.4, -0.2) is 25.5 Å². The molecule has 154 valence electrons. The molecule has 0 N–H and O–H groups in total. The fourth-order valence-corrected chi connectivity index (χ4v) is 7.65. The van der Waals surface area contributed by atoms with Crippen LogP contribution < -0.4 is 4.74 Å². The van der Waals surface area contributed by atoms with Crippen molar-refractivity contribution in [2.24, 2.45) is 22.2 Å². The van der Waals surface area contributed by atoms with Gasteiger partial charge >= 0.3 is 5.97 Å². The van der Waals surface area contributed by atoms with Crippen LogP contribution in [0.5, 0.6) is 5.75 Å². The maximum absolute atomic E-state index is 12.7. The van der Waals surface area contributed by atoms with Crippen LogP contribution in [0, 0.1) is 22.2 Å². The second-order valence-corrected chi connectivity index (χ2v) is 9.75. The molecular weight excluding hydrogens is 364 g/mol. The molecule has 2 fully saturated rings. The Kier molecular flexibility index (Phi) is 4.04. The van der Waals surface area contributed by atoms with E-state index in [0.29, 0.717) is 17.6 Å². The summed E-state index contributed by atoms with van der Waals surface area (Å²) in [6.45, 7) is 4.15. The number of ether oxygens (including phenoxy) is 2. The van der Waals surface area contributed by atoms with Crippen LogP contribution in [0.1, 0.15) is 63.0 Å². The van der Waals surface area contributed by atoms with Gasteiger partial charge in [-0.3, -0.25) is 4.79 Å². The highest BCUT2D eigenvalue weighted by molar-refractivity contribution is 5.87. The number of hydrogen-bond acceptors (Lipinski definition) is 4. The number of carbonyl (C=O) groups excluding carboxylic acids is 2. The van der Waals surface area contributed by atoms with Gasteiger partial charge in [-0.2, -0.15) is 0 Å². The van der Waals surface area contributed by atoms with Gasteiger partial charge in [0.05, 0.1) is 12.5 Å². The smallest absolute Gasteiger partial charge is 0.343 e. The second kappa shape index (κ2) is 6.20. The van der Waals surface area contributed by atoms with Crippen LogP contribution in [0.2, 0.25) is 0 Å². The lowest BCUT2D eigenvalue weighted by Gasteiger charge is -2.57. The van der Waals surface area contributed by atoms with Crippen LogP contribution in [-0.2, 0) is 20.7 Å². The molecule has 4 aliphatic carbocycles. The number of Topliss-reactive ketones (excluding diaryl/α,β-unsaturated/α-hetero) is 1. The molecule has 29 heavy (non-hydrogen) atoms. The van der Waals surface area contributed by atoms with Gasteiger partial charge in [-0.15, -0.1) is 0 Å². The number of allylic oxidation sites excluding steroid dienone is 2. The lowest BCUT2D eigenvalue weighted by molar-refractivity contribution is -0.142. The fraction of sp³-hybridized carbons (Fsp3) is 0.600. The molecule has 4 aliphatic rings. The highest BCUT2D eigenvalue weighted by Gasteiger charge is 2.72. The minimum Gasteiger partial charge on any atom is -0.482 e. The molecule has 5 atom stereocenters. The summed E-state index contributed by atoms with van der Waals surface area (Å²) in [4.78, 5) is 24.1. The molecule has 1 aromatic carbocycles. The standard InChI is InChI=1S/C25H30O4/c1-16(26)24-10-12-25(13-11-24)21-7-4-17-14-18(29-15-22(27)28-3)5-6-19(17)20(21)8-9-23(24,25)2/h5-6,10,12,14,20-21H,4,7-9,11,13,15H2,1-3H3/t20-,21-,23-,24-,25?/m1/s1. The zero-order chi connectivity index (χ0) is 20.4. The molecule has 0 aliphatic heterocycles. The van der Waals surface area contributed by atoms with E-state index in [2.05, 4.69) is 35.9 Å². The van der Waals surface area contributed by atoms with Gasteiger partial charge in [0.2, 0.25) is 0 Å². The van der Waals surface area contributed by atoms with Crippen molar-refractivity contribution in [1.82, 2.24) is 0 Å². The number of ketones is 1. The van der Waals surface area contributed by atoms with E-state index in [4.69, 9.17) is 4.74 Å². The number of aryl methyl sites for hydroxylation is 1. The molecule has 0 aromatic heterocycles. The fourth-order valence-electron chi connectivity index (χ4n) is 7.65. The predicted octanol–water partition coefficient (Wildman–Crippen LogP) is 4.61. The summed E-state index contributed by atoms with van der Waals surface area (Å²) >= 11 is 0. The van der Waals surface area contributed by atoms with E-state index in [9.17, 15) is 9.59 Å². The third-order valence-corrected chi connectivity index (χ3v) is 9.16. The Morgan fingerprint density at radius 1 is 1.14 bits per heavy atom. The Bertz CT molecular complexity index is 917. The van der Waals surface area contributed by atoms with Crippen molar-refractivity contribution in [3.05, 3.63) is 41.5 Å². The summed E-state index contributed by atoms with van der Waals surface area (Å²) in [5.41, 5.74) is 2.81. The molecule has 2 saturated carbocycles. The first-order valence-corrected chi connectivity index (χ1v) is 10.9. The molecule has 4 nitrogen and oxygen atoms in total. The van der Waals surface area contributed by atoms with Crippen LogP contribution in [0.3, 0.4) is 0 Å². The van der Waals surface area contributed by atoms with Gasteiger partial charge in [0, 0.05) is 0 Å². The first-order valence-electron chi connectivity index (χ1n) is 10.9. The van der Waals surface area contributed by atoms with E-state index < -0.39 is 0 Å². The maximum atomic E-state index is 12.7. The first-order chi connectivity index (χ1) is 13.9. The minimum atomic E-state index is -0.364. The van der Waals surface area contributed by atoms with Crippen LogP contribution in [0.15, 0.2) is 30.4 Å². The van der Waals surface area contributed by atoms with Gasteiger partial charge in [-0.1, -0.05) is 25.1 Å². The molecule has 1 unspecified atom stereocenters. The third-order valence-electron chi connectivity index (χ3n) is 9.16. The van der Waals surface area contributed by atoms with Gasteiger partial charge in [0.25, 0.3) is 0 Å². The highest BCUT2D eigenvalue weighted by Crippen LogP contribution is 2.78. The summed E-state index contributed by atoms with van der Waals surface area (Å²) < 4.78 is 10.3. The van der Waals surface area contributed by atoms with Crippen molar-refractivity contribution in [2.45, 2.75) is 58.3 Å². The SMILES string of the molecule is COC(=O)COc1ccc2c(c1)CC[C@@H]1[C@@H]2CC[C@@]2(C)C13C=C[C@]2(C(C)=O)CC3. The predicted molar refractivity (Wildman–Crippen MR) is 110 cm³/mol. The summed E-state index contributed by atoms with van der Waals surface area (Å²) in [6.07, 6.45) is 11.4. The topological polar surface area (TPSA) is 52.6 Å². The van der Waals surface area contributed by atoms with E-state index >= 15 is 0 Å². The van der Waals surface area contributed by atoms with E-state index in [0.717, 1.165) is 44.3 Å². The molecule has 1 aromatic rings. The van der Waals surface area contributed by atoms with Crippen molar-refractivity contribution >= 4 is 11.8 Å². The van der Waals surface area contributed by atoms with Gasteiger partial charge in [0.15, 0.2) is 6.61 Å². The van der Waals surface area contributed by atoms with Gasteiger partial charge < -0.3 is 9.47 Å². The number of carbonyl (C=O) groups is 2. The molecule has 5 rings (SSSR count). The summed E-state index contributed by atoms with van der Waals surface area (Å²) in [6, 6.07) is 6.32. The zero-order valence-corrected chi connectivity index (χ0v) is 17.6. The Labute approximate surface area is 172 Å². The molecule has 0 spiro atoms. The lowest BCUT2D eigenvalue weighted by Crippen LogP contribution is -2.51. The molecule has 0 radical (unpaired) electrons. The Balaban J connectivity index is 1.45. The third kappa shape index (κ3) is 2.26. The van der Waals surface area contributed by atoms with Gasteiger partial charge in [-0.25, -0.2) is 4.79 Å². The lowest BCUT2D eigenvalue weighted by atomic mass is 9.46. The molecule has 0 amide bonds. The van der Waals surface area contributed by atoms with Crippen molar-refractivity contribution < 1.29 is 19.1 Å². The van der Waals surface area contributed by atoms with E-state index in [1.807, 2.05) is 6.07 Å². The van der Waals surface area contributed by atoms with E-state index in [1.165, 1.54) is 18.2 Å². The van der Waals surface area contributed by atoms with Crippen molar-refractivity contribution in [2.75, 3.05) is 13.7 Å². The quantitative estimate of drug-likeness (QED) is 0.553. The Morgan fingerprint density at radius 2 is 1.97 bits per heavy atom. The normalized spacial score (nSPS) is 38.7. The number of methoxy groups -OCH3 is 1. The van der Waals surface area contributed by atoms with Crippen molar-refractivity contribution in [3.63, 3.8) is 0 Å². The maximum Gasteiger partial charge on any atom is 0.343 e. The van der Waals surface area contributed by atoms with Crippen LogP contribution in [0.4, 0.5) is 0 Å². The monoisotopic (exact) mass is 394 g/mol. The largest absolute Gasteiger partial charge is 0.482 e. The number of hydrogen-bond donors (Lipinski definition) is 0.